The largest absolute Gasteiger partial charge is 0.573 e. The molecule has 2 aromatic heterocycles. The van der Waals surface area contributed by atoms with Crippen molar-refractivity contribution >= 4 is 22.8 Å². The molecular formula is C26H26ClF3N4O5. The minimum Gasteiger partial charge on any atom is -0.490 e. The third-order valence-electron chi connectivity index (χ3n) is 5.81. The number of nitrogens with zero attached hydrogens (tertiary/aromatic N) is 4. The summed E-state index contributed by atoms with van der Waals surface area (Å²) in [5.41, 5.74) is 0.230. The Morgan fingerprint density at radius 3 is 2.36 bits per heavy atom. The fourth-order valence-electron chi connectivity index (χ4n) is 3.95. The van der Waals surface area contributed by atoms with Gasteiger partial charge >= 0.3 is 12.1 Å². The highest BCUT2D eigenvalue weighted by atomic mass is 35.5. The van der Waals surface area contributed by atoms with Crippen LogP contribution in [-0.2, 0) is 20.1 Å². The fraction of sp³-hybridized carbons (Fsp3) is 0.346. The number of unbranched alkanes of at least 4 members (excludes halogenated alkanes) is 1. The number of halogens is 4. The third kappa shape index (κ3) is 6.75. The molecule has 2 heterocycles. The summed E-state index contributed by atoms with van der Waals surface area (Å²) in [4.78, 5) is 30.7. The van der Waals surface area contributed by atoms with E-state index in [1.165, 1.54) is 28.3 Å². The minimum absolute atomic E-state index is 0.0424. The van der Waals surface area contributed by atoms with Crippen molar-refractivity contribution < 1.29 is 27.4 Å². The maximum Gasteiger partial charge on any atom is 0.573 e. The van der Waals surface area contributed by atoms with Crippen molar-refractivity contribution in [2.24, 2.45) is 7.05 Å². The van der Waals surface area contributed by atoms with Crippen molar-refractivity contribution in [2.75, 3.05) is 13.2 Å². The molecule has 39 heavy (non-hydrogen) atoms. The maximum atomic E-state index is 13.4. The molecule has 0 saturated heterocycles. The number of ether oxygens (including phenoxy) is 3. The zero-order chi connectivity index (χ0) is 28.2. The summed E-state index contributed by atoms with van der Waals surface area (Å²) >= 11 is 6.02. The molecular weight excluding hydrogens is 541 g/mol. The maximum absolute atomic E-state index is 13.4. The van der Waals surface area contributed by atoms with E-state index in [2.05, 4.69) is 9.72 Å². The first-order valence-corrected chi connectivity index (χ1v) is 12.5. The second-order valence-corrected chi connectivity index (χ2v) is 9.09. The molecule has 0 aliphatic rings. The average Bonchev–Trinajstić information content (AvgIpc) is 3.24. The second-order valence-electron chi connectivity index (χ2n) is 8.65. The van der Waals surface area contributed by atoms with E-state index in [-0.39, 0.29) is 49.2 Å². The number of benzene rings is 2. The minimum atomic E-state index is -4.82. The molecule has 0 fully saturated rings. The van der Waals surface area contributed by atoms with Crippen LogP contribution in [0.25, 0.3) is 11.2 Å². The van der Waals surface area contributed by atoms with Crippen LogP contribution in [0.4, 0.5) is 13.2 Å². The summed E-state index contributed by atoms with van der Waals surface area (Å²) < 4.78 is 56.8. The van der Waals surface area contributed by atoms with E-state index in [4.69, 9.17) is 21.1 Å². The number of imidazole rings is 1. The van der Waals surface area contributed by atoms with Crippen LogP contribution in [-0.4, -0.2) is 38.3 Å². The molecule has 4 aromatic rings. The highest BCUT2D eigenvalue weighted by Gasteiger charge is 2.31. The van der Waals surface area contributed by atoms with Crippen LogP contribution in [0.15, 0.2) is 58.1 Å². The number of rotatable bonds is 11. The Labute approximate surface area is 225 Å². The van der Waals surface area contributed by atoms with Crippen molar-refractivity contribution in [1.82, 2.24) is 18.7 Å². The van der Waals surface area contributed by atoms with Crippen LogP contribution in [0.2, 0.25) is 5.02 Å². The normalized spacial score (nSPS) is 11.6. The van der Waals surface area contributed by atoms with Gasteiger partial charge in [0.05, 0.1) is 6.54 Å². The van der Waals surface area contributed by atoms with Gasteiger partial charge in [-0.2, -0.15) is 4.98 Å². The topological polar surface area (TPSA) is 89.5 Å². The van der Waals surface area contributed by atoms with Crippen molar-refractivity contribution in [3.8, 4) is 17.5 Å². The number of aryl methyl sites for hydroxylation is 1. The second kappa shape index (κ2) is 11.9. The van der Waals surface area contributed by atoms with Gasteiger partial charge in [0.15, 0.2) is 11.2 Å². The molecule has 0 atom stereocenters. The lowest BCUT2D eigenvalue weighted by molar-refractivity contribution is -0.274. The predicted octanol–water partition coefficient (Wildman–Crippen LogP) is 4.75. The number of alkyl halides is 3. The zero-order valence-electron chi connectivity index (χ0n) is 21.2. The van der Waals surface area contributed by atoms with Gasteiger partial charge < -0.3 is 14.2 Å². The van der Waals surface area contributed by atoms with Gasteiger partial charge in [0.1, 0.15) is 24.7 Å². The van der Waals surface area contributed by atoms with E-state index in [1.54, 1.807) is 28.8 Å². The lowest BCUT2D eigenvalue weighted by Gasteiger charge is -2.13. The van der Waals surface area contributed by atoms with Gasteiger partial charge in [-0.1, -0.05) is 43.1 Å². The van der Waals surface area contributed by atoms with Crippen molar-refractivity contribution in [3.63, 3.8) is 0 Å². The summed E-state index contributed by atoms with van der Waals surface area (Å²) in [5.74, 6) is -0.262. The molecule has 0 aliphatic heterocycles. The number of aromatic nitrogens is 4. The van der Waals surface area contributed by atoms with E-state index in [1.807, 2.05) is 6.92 Å². The molecule has 0 unspecified atom stereocenters. The molecule has 0 aliphatic carbocycles. The van der Waals surface area contributed by atoms with E-state index in [0.717, 1.165) is 24.1 Å². The molecule has 4 rings (SSSR count). The number of hydrogen-bond donors (Lipinski definition) is 0. The number of fused-ring (bicyclic) bond motifs is 1. The van der Waals surface area contributed by atoms with E-state index in [0.29, 0.717) is 11.4 Å². The Morgan fingerprint density at radius 2 is 1.67 bits per heavy atom. The lowest BCUT2D eigenvalue weighted by Crippen LogP contribution is -2.39. The van der Waals surface area contributed by atoms with Crippen LogP contribution < -0.4 is 25.5 Å². The summed E-state index contributed by atoms with van der Waals surface area (Å²) in [6, 6.07) is 12.2. The van der Waals surface area contributed by atoms with Crippen molar-refractivity contribution in [1.29, 1.82) is 0 Å². The predicted molar refractivity (Wildman–Crippen MR) is 139 cm³/mol. The van der Waals surface area contributed by atoms with Crippen molar-refractivity contribution in [2.45, 2.75) is 39.2 Å². The first-order chi connectivity index (χ1) is 18.6. The quantitative estimate of drug-likeness (QED) is 0.243. The van der Waals surface area contributed by atoms with Gasteiger partial charge in [0, 0.05) is 24.7 Å². The molecule has 208 valence electrons. The summed E-state index contributed by atoms with van der Waals surface area (Å²) in [6.07, 6.45) is -3.36. The Hall–Kier alpha value is -3.93. The standard InChI is InChI=1S/C26H26ClF3N4O5/c1-3-4-12-33-23(35)21-22(32(2)25(33)36)31-24(34(21)16-17-8-10-18(27)11-9-17)38-14-13-37-19-6-5-7-20(15-19)39-26(28,29)30/h5-11,15H,3-4,12-14,16H2,1-2H3. The van der Waals surface area contributed by atoms with Crippen LogP contribution in [0, 0.1) is 0 Å². The Balaban J connectivity index is 1.61. The smallest absolute Gasteiger partial charge is 0.490 e. The molecule has 0 bridgehead atoms. The third-order valence-corrected chi connectivity index (χ3v) is 6.06. The van der Waals surface area contributed by atoms with Gasteiger partial charge in [-0.3, -0.25) is 18.5 Å². The molecule has 13 heteroatoms. The van der Waals surface area contributed by atoms with Crippen molar-refractivity contribution in [3.05, 3.63) is 80.0 Å². The first-order valence-electron chi connectivity index (χ1n) is 12.1. The molecule has 0 N–H and O–H groups in total. The Morgan fingerprint density at radius 1 is 0.974 bits per heavy atom. The Kier molecular flexibility index (Phi) is 8.54. The average molecular weight is 567 g/mol. The number of hydrogen-bond acceptors (Lipinski definition) is 6. The zero-order valence-corrected chi connectivity index (χ0v) is 22.0. The lowest BCUT2D eigenvalue weighted by atomic mass is 10.2. The fourth-order valence-corrected chi connectivity index (χ4v) is 4.07. The summed E-state index contributed by atoms with van der Waals surface area (Å²) in [6.45, 7) is 2.35. The van der Waals surface area contributed by atoms with Crippen LogP contribution >= 0.6 is 11.6 Å². The SMILES string of the molecule is CCCCn1c(=O)c2c(nc(OCCOc3cccc(OC(F)(F)F)c3)n2Cc2ccc(Cl)cc2)n(C)c1=O. The molecule has 9 nitrogen and oxygen atoms in total. The molecule has 0 saturated carbocycles. The van der Waals surface area contributed by atoms with Gasteiger partial charge in [0.25, 0.3) is 11.6 Å². The van der Waals surface area contributed by atoms with E-state index in [9.17, 15) is 22.8 Å². The van der Waals surface area contributed by atoms with Gasteiger partial charge in [-0.25, -0.2) is 4.79 Å². The monoisotopic (exact) mass is 566 g/mol. The van der Waals surface area contributed by atoms with Crippen LogP contribution in [0.3, 0.4) is 0 Å². The highest BCUT2D eigenvalue weighted by molar-refractivity contribution is 6.30. The first kappa shape index (κ1) is 28.1. The summed E-state index contributed by atoms with van der Waals surface area (Å²) in [5, 5.41) is 0.553. The molecule has 2 aromatic carbocycles. The Bertz CT molecular complexity index is 1560. The highest BCUT2D eigenvalue weighted by Crippen LogP contribution is 2.26. The van der Waals surface area contributed by atoms with Gasteiger partial charge in [-0.05, 0) is 36.2 Å². The van der Waals surface area contributed by atoms with Crippen LogP contribution in [0.5, 0.6) is 17.5 Å². The molecule has 0 amide bonds. The van der Waals surface area contributed by atoms with E-state index < -0.39 is 23.4 Å². The molecule has 0 radical (unpaired) electrons. The van der Waals surface area contributed by atoms with E-state index >= 15 is 0 Å². The summed E-state index contributed by atoms with van der Waals surface area (Å²) in [7, 11) is 1.54. The van der Waals surface area contributed by atoms with Crippen LogP contribution in [0.1, 0.15) is 25.3 Å². The van der Waals surface area contributed by atoms with Gasteiger partial charge in [-0.15, -0.1) is 13.2 Å². The van der Waals surface area contributed by atoms with Gasteiger partial charge in [0.2, 0.25) is 0 Å². The molecule has 0 spiro atoms.